The van der Waals surface area contributed by atoms with Crippen molar-refractivity contribution in [1.29, 1.82) is 0 Å². The molecular formula is C15H24N4O2S. The third kappa shape index (κ3) is 4.27. The molecule has 1 saturated heterocycles. The average Bonchev–Trinajstić information content (AvgIpc) is 3.01. The number of rotatable bonds is 6. The van der Waals surface area contributed by atoms with Gasteiger partial charge in [0.1, 0.15) is 5.69 Å². The second kappa shape index (κ2) is 8.24. The summed E-state index contributed by atoms with van der Waals surface area (Å²) in [7, 11) is 0. The van der Waals surface area contributed by atoms with Crippen molar-refractivity contribution in [3.63, 3.8) is 0 Å². The average molecular weight is 324 g/mol. The number of thiazole rings is 1. The summed E-state index contributed by atoms with van der Waals surface area (Å²) < 4.78 is 0. The van der Waals surface area contributed by atoms with Crippen LogP contribution in [-0.2, 0) is 11.2 Å². The lowest BCUT2D eigenvalue weighted by Crippen LogP contribution is -2.45. The van der Waals surface area contributed by atoms with Crippen molar-refractivity contribution in [3.8, 4) is 0 Å². The Morgan fingerprint density at radius 2 is 2.36 bits per heavy atom. The van der Waals surface area contributed by atoms with Crippen molar-refractivity contribution in [2.24, 2.45) is 11.7 Å². The van der Waals surface area contributed by atoms with Gasteiger partial charge < -0.3 is 16.0 Å². The molecule has 122 valence electrons. The highest BCUT2D eigenvalue weighted by Crippen LogP contribution is 2.20. The number of carbonyl (C=O) groups excluding carboxylic acids is 2. The van der Waals surface area contributed by atoms with Crippen LogP contribution in [0.1, 0.15) is 41.7 Å². The van der Waals surface area contributed by atoms with Crippen molar-refractivity contribution < 1.29 is 9.59 Å². The van der Waals surface area contributed by atoms with Crippen LogP contribution in [0.3, 0.4) is 0 Å². The molecule has 1 aromatic rings. The number of hydrogen-bond donors (Lipinski definition) is 2. The number of carbonyl (C=O) groups is 2. The molecule has 2 rings (SSSR count). The molecule has 0 radical (unpaired) electrons. The molecule has 1 aliphatic rings. The highest BCUT2D eigenvalue weighted by atomic mass is 32.1. The highest BCUT2D eigenvalue weighted by Gasteiger charge is 2.29. The molecule has 0 spiro atoms. The van der Waals surface area contributed by atoms with Crippen molar-refractivity contribution in [3.05, 3.63) is 16.1 Å². The smallest absolute Gasteiger partial charge is 0.273 e. The van der Waals surface area contributed by atoms with Crippen LogP contribution in [-0.4, -0.2) is 47.9 Å². The van der Waals surface area contributed by atoms with E-state index in [1.807, 2.05) is 6.92 Å². The zero-order valence-electron chi connectivity index (χ0n) is 13.0. The molecule has 1 fully saturated rings. The largest absolute Gasteiger partial charge is 0.356 e. The van der Waals surface area contributed by atoms with E-state index in [0.717, 1.165) is 24.3 Å². The Kier molecular flexibility index (Phi) is 6.33. The van der Waals surface area contributed by atoms with E-state index >= 15 is 0 Å². The molecule has 2 amide bonds. The topological polar surface area (TPSA) is 88.3 Å². The van der Waals surface area contributed by atoms with E-state index in [1.54, 1.807) is 10.3 Å². The predicted molar refractivity (Wildman–Crippen MR) is 86.8 cm³/mol. The minimum absolute atomic E-state index is 0.0569. The fourth-order valence-corrected chi connectivity index (χ4v) is 3.37. The second-order valence-corrected chi connectivity index (χ2v) is 6.49. The van der Waals surface area contributed by atoms with Crippen molar-refractivity contribution in [1.82, 2.24) is 15.2 Å². The monoisotopic (exact) mass is 324 g/mol. The molecule has 1 atom stereocenters. The lowest BCUT2D eigenvalue weighted by Gasteiger charge is -2.31. The minimum Gasteiger partial charge on any atom is -0.356 e. The first-order chi connectivity index (χ1) is 10.7. The van der Waals surface area contributed by atoms with Crippen LogP contribution in [0.15, 0.2) is 5.38 Å². The molecule has 22 heavy (non-hydrogen) atoms. The summed E-state index contributed by atoms with van der Waals surface area (Å²) in [5, 5.41) is 5.59. The van der Waals surface area contributed by atoms with E-state index in [-0.39, 0.29) is 17.7 Å². The Balaban J connectivity index is 1.95. The van der Waals surface area contributed by atoms with Crippen LogP contribution >= 0.6 is 11.3 Å². The van der Waals surface area contributed by atoms with Gasteiger partial charge in [0.15, 0.2) is 0 Å². The van der Waals surface area contributed by atoms with Crippen LogP contribution < -0.4 is 11.1 Å². The summed E-state index contributed by atoms with van der Waals surface area (Å²) in [6.45, 7) is 4.43. The lowest BCUT2D eigenvalue weighted by molar-refractivity contribution is -0.126. The van der Waals surface area contributed by atoms with E-state index in [4.69, 9.17) is 5.73 Å². The summed E-state index contributed by atoms with van der Waals surface area (Å²) in [6, 6.07) is 0. The van der Waals surface area contributed by atoms with Crippen LogP contribution in [0, 0.1) is 5.92 Å². The van der Waals surface area contributed by atoms with E-state index in [9.17, 15) is 9.59 Å². The van der Waals surface area contributed by atoms with E-state index in [0.29, 0.717) is 38.3 Å². The van der Waals surface area contributed by atoms with Gasteiger partial charge in [-0.15, -0.1) is 11.3 Å². The number of nitrogens with one attached hydrogen (secondary N) is 1. The number of nitrogens with two attached hydrogens (primary N) is 1. The van der Waals surface area contributed by atoms with Gasteiger partial charge in [-0.1, -0.05) is 6.92 Å². The first-order valence-corrected chi connectivity index (χ1v) is 8.75. The molecule has 6 nitrogen and oxygen atoms in total. The van der Waals surface area contributed by atoms with Crippen molar-refractivity contribution in [2.45, 2.75) is 32.6 Å². The molecule has 1 aliphatic heterocycles. The van der Waals surface area contributed by atoms with Crippen LogP contribution in [0.25, 0.3) is 0 Å². The number of hydrogen-bond acceptors (Lipinski definition) is 5. The van der Waals surface area contributed by atoms with Gasteiger partial charge in [-0.2, -0.15) is 0 Å². The maximum Gasteiger partial charge on any atom is 0.273 e. The molecule has 1 unspecified atom stereocenters. The van der Waals surface area contributed by atoms with E-state index in [2.05, 4.69) is 10.3 Å². The molecule has 0 aromatic carbocycles. The minimum atomic E-state index is -0.105. The van der Waals surface area contributed by atoms with E-state index in [1.165, 1.54) is 11.3 Å². The summed E-state index contributed by atoms with van der Waals surface area (Å²) in [6.07, 6.45) is 3.31. The third-order valence-corrected chi connectivity index (χ3v) is 4.67. The molecule has 7 heteroatoms. The van der Waals surface area contributed by atoms with Gasteiger partial charge in [0.05, 0.1) is 10.9 Å². The molecule has 2 heterocycles. The Morgan fingerprint density at radius 3 is 3.09 bits per heavy atom. The molecule has 1 aromatic heterocycles. The lowest BCUT2D eigenvalue weighted by atomic mass is 9.97. The molecule has 0 bridgehead atoms. The molecule has 3 N–H and O–H groups in total. The Labute approximate surface area is 135 Å². The molecular weight excluding hydrogens is 300 g/mol. The maximum atomic E-state index is 12.5. The number of aromatic nitrogens is 1. The van der Waals surface area contributed by atoms with Gasteiger partial charge in [-0.05, 0) is 25.8 Å². The summed E-state index contributed by atoms with van der Waals surface area (Å²) >= 11 is 1.47. The summed E-state index contributed by atoms with van der Waals surface area (Å²) in [5.74, 6) is -0.125. The Bertz CT molecular complexity index is 517. The highest BCUT2D eigenvalue weighted by molar-refractivity contribution is 7.09. The molecule has 0 aliphatic carbocycles. The first-order valence-electron chi connectivity index (χ1n) is 7.87. The Morgan fingerprint density at radius 1 is 1.55 bits per heavy atom. The SMILES string of the molecule is CCCNC(=O)C1CCCN(C(=O)c2csc(CCN)n2)C1. The normalized spacial score (nSPS) is 18.3. The third-order valence-electron chi connectivity index (χ3n) is 3.76. The summed E-state index contributed by atoms with van der Waals surface area (Å²) in [4.78, 5) is 30.7. The quantitative estimate of drug-likeness (QED) is 0.818. The number of amides is 2. The van der Waals surface area contributed by atoms with Crippen LogP contribution in [0.4, 0.5) is 0 Å². The number of likely N-dealkylation sites (tertiary alicyclic amines) is 1. The number of piperidine rings is 1. The summed E-state index contributed by atoms with van der Waals surface area (Å²) in [5.41, 5.74) is 5.98. The predicted octanol–water partition coefficient (Wildman–Crippen LogP) is 1.02. The Hall–Kier alpha value is -1.47. The van der Waals surface area contributed by atoms with Crippen LogP contribution in [0.2, 0.25) is 0 Å². The van der Waals surface area contributed by atoms with Gasteiger partial charge in [0.2, 0.25) is 5.91 Å². The zero-order valence-corrected chi connectivity index (χ0v) is 13.8. The van der Waals surface area contributed by atoms with Crippen LogP contribution in [0.5, 0.6) is 0 Å². The van der Waals surface area contributed by atoms with Gasteiger partial charge in [-0.3, -0.25) is 9.59 Å². The molecule has 0 saturated carbocycles. The maximum absolute atomic E-state index is 12.5. The van der Waals surface area contributed by atoms with Gasteiger partial charge >= 0.3 is 0 Å². The van der Waals surface area contributed by atoms with E-state index < -0.39 is 0 Å². The fraction of sp³-hybridized carbons (Fsp3) is 0.667. The van der Waals surface area contributed by atoms with Gasteiger partial charge in [0.25, 0.3) is 5.91 Å². The van der Waals surface area contributed by atoms with Crippen molar-refractivity contribution >= 4 is 23.2 Å². The standard InChI is InChI=1S/C15H24N4O2S/c1-2-7-17-14(20)11-4-3-8-19(9-11)15(21)12-10-22-13(18-12)5-6-16/h10-11H,2-9,16H2,1H3,(H,17,20). The number of nitrogens with zero attached hydrogens (tertiary/aromatic N) is 2. The first kappa shape index (κ1) is 16.9. The second-order valence-electron chi connectivity index (χ2n) is 5.55. The zero-order chi connectivity index (χ0) is 15.9. The van der Waals surface area contributed by atoms with Gasteiger partial charge in [0, 0.05) is 31.4 Å². The van der Waals surface area contributed by atoms with Gasteiger partial charge in [-0.25, -0.2) is 4.98 Å². The van der Waals surface area contributed by atoms with Crippen molar-refractivity contribution in [2.75, 3.05) is 26.2 Å². The fourth-order valence-electron chi connectivity index (χ4n) is 2.58.